The lowest BCUT2D eigenvalue weighted by Crippen LogP contribution is -2.28. The highest BCUT2D eigenvalue weighted by Gasteiger charge is 2.28. The molecule has 158 valence electrons. The van der Waals surface area contributed by atoms with Crippen LogP contribution in [0, 0.1) is 0 Å². The van der Waals surface area contributed by atoms with E-state index in [9.17, 15) is 22.6 Å². The molecule has 1 N–H and O–H groups in total. The first-order valence-corrected chi connectivity index (χ1v) is 11.1. The number of esters is 2. The van der Waals surface area contributed by atoms with Crippen molar-refractivity contribution in [3.63, 3.8) is 0 Å². The number of hydrogen-bond acceptors (Lipinski definition) is 7. The molecule has 2 rings (SSSR count). The molecule has 2 aromatic rings. The highest BCUT2D eigenvalue weighted by molar-refractivity contribution is 7.88. The molecule has 0 aliphatic rings. The van der Waals surface area contributed by atoms with E-state index >= 15 is 0 Å². The van der Waals surface area contributed by atoms with Gasteiger partial charge in [-0.2, -0.15) is 8.42 Å². The molecule has 1 aromatic heterocycles. The summed E-state index contributed by atoms with van der Waals surface area (Å²) < 4.78 is 43.2. The van der Waals surface area contributed by atoms with Gasteiger partial charge in [0.15, 0.2) is 4.21 Å². The van der Waals surface area contributed by atoms with Gasteiger partial charge in [-0.05, 0) is 70.7 Å². The lowest BCUT2D eigenvalue weighted by molar-refractivity contribution is 0.00188. The van der Waals surface area contributed by atoms with Gasteiger partial charge in [0, 0.05) is 5.56 Å². The molecular weight excluding hydrogens is 416 g/mol. The van der Waals surface area contributed by atoms with Crippen LogP contribution in [0.1, 0.15) is 62.3 Å². The van der Waals surface area contributed by atoms with Crippen LogP contribution < -0.4 is 0 Å². The van der Waals surface area contributed by atoms with Crippen molar-refractivity contribution in [2.45, 2.75) is 57.0 Å². The van der Waals surface area contributed by atoms with E-state index in [-0.39, 0.29) is 20.9 Å². The van der Waals surface area contributed by atoms with Crippen molar-refractivity contribution in [3.05, 3.63) is 40.8 Å². The van der Waals surface area contributed by atoms with Gasteiger partial charge in [-0.1, -0.05) is 6.07 Å². The molecule has 7 nitrogen and oxygen atoms in total. The Bertz CT molecular complexity index is 1040. The maximum Gasteiger partial charge on any atom is 0.339 e. The van der Waals surface area contributed by atoms with Gasteiger partial charge in [-0.15, -0.1) is 11.3 Å². The van der Waals surface area contributed by atoms with Crippen LogP contribution in [0.25, 0.3) is 11.1 Å². The molecule has 0 amide bonds. The summed E-state index contributed by atoms with van der Waals surface area (Å²) in [6.45, 7) is 10.2. The van der Waals surface area contributed by atoms with E-state index in [1.165, 1.54) is 29.6 Å². The predicted octanol–water partition coefficient (Wildman–Crippen LogP) is 4.57. The zero-order chi connectivity index (χ0) is 22.2. The van der Waals surface area contributed by atoms with E-state index in [2.05, 4.69) is 0 Å². The van der Waals surface area contributed by atoms with Gasteiger partial charge in [0.25, 0.3) is 0 Å². The molecule has 1 heterocycles. The molecular formula is C20H24O7S2. The van der Waals surface area contributed by atoms with Gasteiger partial charge in [0.05, 0.1) is 11.1 Å². The van der Waals surface area contributed by atoms with E-state index in [4.69, 9.17) is 9.47 Å². The van der Waals surface area contributed by atoms with Crippen LogP contribution in [0.15, 0.2) is 33.9 Å². The number of rotatable bonds is 4. The molecule has 0 fully saturated rings. The van der Waals surface area contributed by atoms with Crippen molar-refractivity contribution < 1.29 is 32.0 Å². The standard InChI is InChI=1S/C20H24O7S2/c1-19(2,3)26-16(21)14-8-7-12(11-15(14)17(22)27-20(4,5)6)13-9-10-28-18(13)29(23,24)25/h7-11H,1-6H3,(H,23,24,25). The van der Waals surface area contributed by atoms with Crippen LogP contribution >= 0.6 is 11.3 Å². The lowest BCUT2D eigenvalue weighted by Gasteiger charge is -2.23. The Balaban J connectivity index is 2.62. The second-order valence-electron chi connectivity index (χ2n) is 8.36. The Morgan fingerprint density at radius 3 is 1.90 bits per heavy atom. The van der Waals surface area contributed by atoms with Crippen molar-refractivity contribution in [1.29, 1.82) is 0 Å². The maximum absolute atomic E-state index is 12.8. The van der Waals surface area contributed by atoms with Crippen LogP contribution in [0.5, 0.6) is 0 Å². The highest BCUT2D eigenvalue weighted by atomic mass is 32.3. The van der Waals surface area contributed by atoms with Gasteiger partial charge in [0.1, 0.15) is 11.2 Å². The van der Waals surface area contributed by atoms with Gasteiger partial charge in [-0.25, -0.2) is 9.59 Å². The summed E-state index contributed by atoms with van der Waals surface area (Å²) >= 11 is 0.848. The predicted molar refractivity (Wildman–Crippen MR) is 110 cm³/mol. The van der Waals surface area contributed by atoms with Crippen molar-refractivity contribution in [3.8, 4) is 11.1 Å². The van der Waals surface area contributed by atoms with E-state index in [0.29, 0.717) is 5.56 Å². The van der Waals surface area contributed by atoms with Gasteiger partial charge in [-0.3, -0.25) is 4.55 Å². The number of ether oxygens (including phenoxy) is 2. The minimum Gasteiger partial charge on any atom is -0.456 e. The quantitative estimate of drug-likeness (QED) is 0.548. The van der Waals surface area contributed by atoms with Crippen molar-refractivity contribution in [2.75, 3.05) is 0 Å². The highest BCUT2D eigenvalue weighted by Crippen LogP contribution is 2.34. The maximum atomic E-state index is 12.8. The summed E-state index contributed by atoms with van der Waals surface area (Å²) in [6, 6.07) is 5.75. The summed E-state index contributed by atoms with van der Waals surface area (Å²) in [5.41, 5.74) is -1.07. The third kappa shape index (κ3) is 6.12. The van der Waals surface area contributed by atoms with Crippen LogP contribution in [0.3, 0.4) is 0 Å². The number of hydrogen-bond donors (Lipinski definition) is 1. The second kappa shape index (κ2) is 7.89. The van der Waals surface area contributed by atoms with Crippen LogP contribution in [-0.4, -0.2) is 36.1 Å². The SMILES string of the molecule is CC(C)(C)OC(=O)c1ccc(-c2ccsc2S(=O)(=O)O)cc1C(=O)OC(C)(C)C. The Labute approximate surface area is 174 Å². The Morgan fingerprint density at radius 2 is 1.41 bits per heavy atom. The summed E-state index contributed by atoms with van der Waals surface area (Å²) in [6.07, 6.45) is 0. The Morgan fingerprint density at radius 1 is 0.897 bits per heavy atom. The molecule has 0 unspecified atom stereocenters. The molecule has 0 aliphatic heterocycles. The zero-order valence-corrected chi connectivity index (χ0v) is 18.7. The molecule has 0 saturated heterocycles. The molecule has 0 saturated carbocycles. The molecule has 29 heavy (non-hydrogen) atoms. The third-order valence-corrected chi connectivity index (χ3v) is 5.75. The molecule has 0 spiro atoms. The summed E-state index contributed by atoms with van der Waals surface area (Å²) in [5.74, 6) is -1.45. The molecule has 0 radical (unpaired) electrons. The van der Waals surface area contributed by atoms with Gasteiger partial charge < -0.3 is 9.47 Å². The first kappa shape index (κ1) is 23.1. The van der Waals surface area contributed by atoms with Crippen LogP contribution in [-0.2, 0) is 19.6 Å². The largest absolute Gasteiger partial charge is 0.456 e. The molecule has 1 aromatic carbocycles. The zero-order valence-electron chi connectivity index (χ0n) is 17.1. The molecule has 9 heteroatoms. The van der Waals surface area contributed by atoms with E-state index < -0.39 is 33.3 Å². The first-order valence-electron chi connectivity index (χ1n) is 8.74. The van der Waals surface area contributed by atoms with Crippen molar-refractivity contribution in [2.24, 2.45) is 0 Å². The van der Waals surface area contributed by atoms with Crippen LogP contribution in [0.4, 0.5) is 0 Å². The minimum absolute atomic E-state index is 0.00144. The fourth-order valence-electron chi connectivity index (χ4n) is 2.43. The lowest BCUT2D eigenvalue weighted by atomic mass is 10.00. The normalized spacial score (nSPS) is 12.5. The Kier molecular flexibility index (Phi) is 6.27. The van der Waals surface area contributed by atoms with Gasteiger partial charge in [0.2, 0.25) is 0 Å². The smallest absolute Gasteiger partial charge is 0.339 e. The average molecular weight is 441 g/mol. The Hall–Kier alpha value is -2.23. The topological polar surface area (TPSA) is 107 Å². The molecule has 0 bridgehead atoms. The van der Waals surface area contributed by atoms with Crippen LogP contribution in [0.2, 0.25) is 0 Å². The van der Waals surface area contributed by atoms with E-state index in [1.807, 2.05) is 0 Å². The van der Waals surface area contributed by atoms with Gasteiger partial charge >= 0.3 is 22.1 Å². The number of benzene rings is 1. The summed E-state index contributed by atoms with van der Waals surface area (Å²) in [4.78, 5) is 25.4. The minimum atomic E-state index is -4.44. The van der Waals surface area contributed by atoms with Crippen molar-refractivity contribution in [1.82, 2.24) is 0 Å². The molecule has 0 aliphatic carbocycles. The summed E-state index contributed by atoms with van der Waals surface area (Å²) in [5, 5.41) is 1.51. The second-order valence-corrected chi connectivity index (χ2v) is 10.9. The molecule has 0 atom stereocenters. The average Bonchev–Trinajstić information content (AvgIpc) is 3.00. The van der Waals surface area contributed by atoms with Crippen molar-refractivity contribution >= 4 is 33.4 Å². The fourth-order valence-corrected chi connectivity index (χ4v) is 4.19. The number of carbonyl (C=O) groups excluding carboxylic acids is 2. The monoisotopic (exact) mass is 440 g/mol. The van der Waals surface area contributed by atoms with E-state index in [0.717, 1.165) is 11.3 Å². The summed E-state index contributed by atoms with van der Waals surface area (Å²) in [7, 11) is -4.44. The number of carbonyl (C=O) groups is 2. The van der Waals surface area contributed by atoms with E-state index in [1.54, 1.807) is 41.5 Å². The first-order chi connectivity index (χ1) is 13.1. The third-order valence-electron chi connectivity index (χ3n) is 3.43. The fraction of sp³-hybridized carbons (Fsp3) is 0.400. The number of thiophene rings is 1.